The van der Waals surface area contributed by atoms with E-state index in [0.29, 0.717) is 0 Å². The molecule has 4 rings (SSSR count). The topological polar surface area (TPSA) is 24.9 Å². The normalized spacial score (nSPS) is 11.1. The molecule has 0 radical (unpaired) electrons. The summed E-state index contributed by atoms with van der Waals surface area (Å²) in [6, 6.07) is 17.3. The van der Waals surface area contributed by atoms with E-state index < -0.39 is 0 Å². The molecule has 0 aliphatic carbocycles. The summed E-state index contributed by atoms with van der Waals surface area (Å²) in [4.78, 5) is 4.36. The van der Waals surface area contributed by atoms with Crippen LogP contribution >= 0.6 is 11.3 Å². The molecule has 0 unspecified atom stereocenters. The molecular formula is C22H20N2S. The monoisotopic (exact) mass is 344 g/mol. The Kier molecular flexibility index (Phi) is 4.59. The van der Waals surface area contributed by atoms with Gasteiger partial charge in [-0.2, -0.15) is 11.3 Å². The van der Waals surface area contributed by atoms with E-state index in [9.17, 15) is 0 Å². The molecule has 1 N–H and O–H groups in total. The number of pyridine rings is 1. The summed E-state index contributed by atoms with van der Waals surface area (Å²) in [6.07, 6.45) is 3.87. The fourth-order valence-corrected chi connectivity index (χ4v) is 3.92. The first-order valence-electron chi connectivity index (χ1n) is 8.46. The lowest BCUT2D eigenvalue weighted by Crippen LogP contribution is -2.12. The highest BCUT2D eigenvalue weighted by molar-refractivity contribution is 7.07. The van der Waals surface area contributed by atoms with E-state index in [1.54, 1.807) is 11.3 Å². The van der Waals surface area contributed by atoms with Gasteiger partial charge in [-0.25, -0.2) is 0 Å². The van der Waals surface area contributed by atoms with Crippen molar-refractivity contribution in [2.75, 3.05) is 0 Å². The first kappa shape index (κ1) is 16.0. The third-order valence-electron chi connectivity index (χ3n) is 4.57. The molecule has 0 aliphatic heterocycles. The van der Waals surface area contributed by atoms with Crippen molar-refractivity contribution in [3.05, 3.63) is 88.4 Å². The Hall–Kier alpha value is -2.49. The summed E-state index contributed by atoms with van der Waals surface area (Å²) in [5.74, 6) is 0. The van der Waals surface area contributed by atoms with Crippen LogP contribution in [0.5, 0.6) is 0 Å². The third-order valence-corrected chi connectivity index (χ3v) is 5.30. The average Bonchev–Trinajstić information content (AvgIpc) is 3.16. The summed E-state index contributed by atoms with van der Waals surface area (Å²) < 4.78 is 0. The Labute approximate surface area is 152 Å². The van der Waals surface area contributed by atoms with E-state index >= 15 is 0 Å². The van der Waals surface area contributed by atoms with Gasteiger partial charge in [0.1, 0.15) is 0 Å². The van der Waals surface area contributed by atoms with Crippen LogP contribution in [0.1, 0.15) is 16.7 Å². The molecule has 2 nitrogen and oxygen atoms in total. The highest BCUT2D eigenvalue weighted by Gasteiger charge is 2.09. The molecule has 25 heavy (non-hydrogen) atoms. The Morgan fingerprint density at radius 3 is 2.68 bits per heavy atom. The third kappa shape index (κ3) is 3.34. The zero-order chi connectivity index (χ0) is 17.1. The maximum Gasteiger partial charge on any atom is 0.0349 e. The molecule has 0 spiro atoms. The number of rotatable bonds is 5. The molecule has 0 aliphatic rings. The van der Waals surface area contributed by atoms with Crippen LogP contribution in [0.3, 0.4) is 0 Å². The van der Waals surface area contributed by atoms with Gasteiger partial charge in [0.05, 0.1) is 0 Å². The molecule has 2 aromatic carbocycles. The molecule has 4 aromatic rings. The van der Waals surface area contributed by atoms with E-state index in [2.05, 4.69) is 76.5 Å². The molecule has 124 valence electrons. The second kappa shape index (κ2) is 7.18. The van der Waals surface area contributed by atoms with Gasteiger partial charge in [-0.1, -0.05) is 36.4 Å². The maximum atomic E-state index is 4.36. The van der Waals surface area contributed by atoms with Gasteiger partial charge >= 0.3 is 0 Å². The Morgan fingerprint density at radius 1 is 0.920 bits per heavy atom. The predicted molar refractivity (Wildman–Crippen MR) is 107 cm³/mol. The number of nitrogens with one attached hydrogen (secondary N) is 1. The number of aryl methyl sites for hydroxylation is 1. The summed E-state index contributed by atoms with van der Waals surface area (Å²) in [6.45, 7) is 3.90. The number of hydrogen-bond acceptors (Lipinski definition) is 3. The molecule has 0 amide bonds. The lowest BCUT2D eigenvalue weighted by atomic mass is 9.94. The maximum absolute atomic E-state index is 4.36. The number of aromatic nitrogens is 1. The molecule has 3 heteroatoms. The minimum Gasteiger partial charge on any atom is -0.309 e. The zero-order valence-corrected chi connectivity index (χ0v) is 15.0. The lowest BCUT2D eigenvalue weighted by molar-refractivity contribution is 0.698. The minimum absolute atomic E-state index is 0.839. The summed E-state index contributed by atoms with van der Waals surface area (Å²) in [5, 5.41) is 10.3. The Morgan fingerprint density at radius 2 is 1.84 bits per heavy atom. The van der Waals surface area contributed by atoms with Crippen molar-refractivity contribution in [2.24, 2.45) is 0 Å². The fourth-order valence-electron chi connectivity index (χ4n) is 3.25. The number of hydrogen-bond donors (Lipinski definition) is 1. The molecule has 0 bridgehead atoms. The van der Waals surface area contributed by atoms with Crippen LogP contribution in [0, 0.1) is 6.92 Å². The van der Waals surface area contributed by atoms with Crippen molar-refractivity contribution < 1.29 is 0 Å². The van der Waals surface area contributed by atoms with Crippen LogP contribution in [0.15, 0.2) is 71.7 Å². The highest BCUT2D eigenvalue weighted by Crippen LogP contribution is 2.32. The smallest absolute Gasteiger partial charge is 0.0349 e. The van der Waals surface area contributed by atoms with E-state index in [-0.39, 0.29) is 0 Å². The van der Waals surface area contributed by atoms with Crippen molar-refractivity contribution in [2.45, 2.75) is 20.0 Å². The molecule has 2 heterocycles. The number of thiophene rings is 1. The molecule has 0 saturated carbocycles. The van der Waals surface area contributed by atoms with Gasteiger partial charge in [-0.3, -0.25) is 4.98 Å². The van der Waals surface area contributed by atoms with Crippen molar-refractivity contribution in [1.82, 2.24) is 10.3 Å². The van der Waals surface area contributed by atoms with Crippen LogP contribution < -0.4 is 5.32 Å². The molecular weight excluding hydrogens is 324 g/mol. The Balaban J connectivity index is 1.68. The predicted octanol–water partition coefficient (Wildman–Crippen LogP) is 5.56. The van der Waals surface area contributed by atoms with Crippen LogP contribution in [-0.2, 0) is 13.1 Å². The average molecular weight is 344 g/mol. The SMILES string of the molecule is Cc1ccccc1-c1ccc(CNCc2ccsc2)c2cnccc12. The van der Waals surface area contributed by atoms with E-state index in [1.807, 2.05) is 12.4 Å². The number of nitrogens with zero attached hydrogens (tertiary/aromatic N) is 1. The number of benzene rings is 2. The van der Waals surface area contributed by atoms with Crippen LogP contribution in [-0.4, -0.2) is 4.98 Å². The largest absolute Gasteiger partial charge is 0.309 e. The van der Waals surface area contributed by atoms with Gasteiger partial charge in [0.15, 0.2) is 0 Å². The molecule has 0 atom stereocenters. The molecule has 2 aromatic heterocycles. The fraction of sp³-hybridized carbons (Fsp3) is 0.136. The Bertz CT molecular complexity index is 990. The standard InChI is InChI=1S/C22H20N2S/c1-16-4-2-3-5-19(16)20-7-6-18(22-14-23-10-8-21(20)22)13-24-12-17-9-11-25-15-17/h2-11,14-15,24H,12-13H2,1H3. The van der Waals surface area contributed by atoms with Crippen LogP contribution in [0.25, 0.3) is 21.9 Å². The van der Waals surface area contributed by atoms with Gasteiger partial charge in [0.25, 0.3) is 0 Å². The van der Waals surface area contributed by atoms with Gasteiger partial charge in [-0.05, 0) is 63.0 Å². The van der Waals surface area contributed by atoms with E-state index in [0.717, 1.165) is 13.1 Å². The number of fused-ring (bicyclic) bond motifs is 1. The van der Waals surface area contributed by atoms with E-state index in [1.165, 1.54) is 38.6 Å². The first-order valence-corrected chi connectivity index (χ1v) is 9.40. The summed E-state index contributed by atoms with van der Waals surface area (Å²) >= 11 is 1.74. The van der Waals surface area contributed by atoms with Crippen molar-refractivity contribution >= 4 is 22.1 Å². The van der Waals surface area contributed by atoms with Crippen molar-refractivity contribution in [1.29, 1.82) is 0 Å². The summed E-state index contributed by atoms with van der Waals surface area (Å²) in [5.41, 5.74) is 6.48. The molecule has 0 fully saturated rings. The van der Waals surface area contributed by atoms with Gasteiger partial charge < -0.3 is 5.32 Å². The summed E-state index contributed by atoms with van der Waals surface area (Å²) in [7, 11) is 0. The first-order chi connectivity index (χ1) is 12.3. The van der Waals surface area contributed by atoms with Crippen molar-refractivity contribution in [3.8, 4) is 11.1 Å². The zero-order valence-electron chi connectivity index (χ0n) is 14.2. The van der Waals surface area contributed by atoms with Crippen molar-refractivity contribution in [3.63, 3.8) is 0 Å². The van der Waals surface area contributed by atoms with Gasteiger partial charge in [0.2, 0.25) is 0 Å². The van der Waals surface area contributed by atoms with Crippen LogP contribution in [0.4, 0.5) is 0 Å². The quantitative estimate of drug-likeness (QED) is 0.512. The van der Waals surface area contributed by atoms with Gasteiger partial charge in [0, 0.05) is 30.9 Å². The van der Waals surface area contributed by atoms with Gasteiger partial charge in [-0.15, -0.1) is 0 Å². The highest BCUT2D eigenvalue weighted by atomic mass is 32.1. The second-order valence-electron chi connectivity index (χ2n) is 6.24. The lowest BCUT2D eigenvalue weighted by Gasteiger charge is -2.13. The minimum atomic E-state index is 0.839. The van der Waals surface area contributed by atoms with E-state index in [4.69, 9.17) is 0 Å². The molecule has 0 saturated heterocycles. The second-order valence-corrected chi connectivity index (χ2v) is 7.02. The van der Waals surface area contributed by atoms with Crippen LogP contribution in [0.2, 0.25) is 0 Å².